The van der Waals surface area contributed by atoms with Crippen molar-refractivity contribution in [3.8, 4) is 5.69 Å². The quantitative estimate of drug-likeness (QED) is 0.211. The first-order chi connectivity index (χ1) is 18.9. The molecule has 0 fully saturated rings. The van der Waals surface area contributed by atoms with Crippen molar-refractivity contribution >= 4 is 53.3 Å². The lowest BCUT2D eigenvalue weighted by atomic mass is 9.78. The summed E-state index contributed by atoms with van der Waals surface area (Å²) in [6, 6.07) is 40.4. The fraction of sp³-hybridized carbons (Fsp3) is 0.189. The molecule has 192 valence electrons. The summed E-state index contributed by atoms with van der Waals surface area (Å²) in [5.74, 6) is 0.516. The van der Waals surface area contributed by atoms with Gasteiger partial charge in [0.2, 0.25) is 0 Å². The molecule has 39 heavy (non-hydrogen) atoms. The fourth-order valence-corrected chi connectivity index (χ4v) is 7.71. The molecule has 0 bridgehead atoms. The Balaban J connectivity index is 1.38. The number of aromatic nitrogens is 1. The Hall–Kier alpha value is -3.88. The van der Waals surface area contributed by atoms with Crippen molar-refractivity contribution in [2.24, 2.45) is 0 Å². The van der Waals surface area contributed by atoms with E-state index in [1.54, 1.807) is 0 Å². The predicted molar refractivity (Wildman–Crippen MR) is 171 cm³/mol. The van der Waals surface area contributed by atoms with Crippen LogP contribution in [0.15, 0.2) is 109 Å². The third-order valence-electron chi connectivity index (χ3n) is 8.30. The summed E-state index contributed by atoms with van der Waals surface area (Å²) in [4.78, 5) is 0. The second-order valence-corrected chi connectivity index (χ2v) is 12.8. The van der Waals surface area contributed by atoms with Gasteiger partial charge in [0.25, 0.3) is 0 Å². The largest absolute Gasteiger partial charge is 0.309 e. The van der Waals surface area contributed by atoms with Crippen LogP contribution < -0.4 is 0 Å². The summed E-state index contributed by atoms with van der Waals surface area (Å²) in [6.07, 6.45) is 0.976. The van der Waals surface area contributed by atoms with Gasteiger partial charge >= 0.3 is 0 Å². The molecule has 0 aliphatic heterocycles. The van der Waals surface area contributed by atoms with Crippen molar-refractivity contribution in [3.05, 3.63) is 126 Å². The van der Waals surface area contributed by atoms with Gasteiger partial charge in [-0.3, -0.25) is 0 Å². The average Bonchev–Trinajstić information content (AvgIpc) is 3.48. The molecule has 0 unspecified atom stereocenters. The standard InChI is InChI=1S/C37H33NS/c1-24(2)27-15-11-19-33-35(27)30-21-20-25(22-34(30)39-33)23-37(3,4)31-17-10-16-29-28-14-8-9-18-32(28)38(36(29)31)26-12-6-5-7-13-26/h5-22,24H,23H2,1-4H3. The minimum atomic E-state index is -0.0616. The molecule has 1 nitrogen and oxygen atoms in total. The van der Waals surface area contributed by atoms with Crippen LogP contribution in [0.4, 0.5) is 0 Å². The van der Waals surface area contributed by atoms with Crippen molar-refractivity contribution in [3.63, 3.8) is 0 Å². The van der Waals surface area contributed by atoms with E-state index in [0.717, 1.165) is 6.42 Å². The van der Waals surface area contributed by atoms with Gasteiger partial charge in [-0.15, -0.1) is 11.3 Å². The Labute approximate surface area is 234 Å². The van der Waals surface area contributed by atoms with Gasteiger partial charge in [-0.2, -0.15) is 0 Å². The minimum Gasteiger partial charge on any atom is -0.309 e. The number of benzene rings is 5. The summed E-state index contributed by atoms with van der Waals surface area (Å²) in [5, 5.41) is 5.46. The van der Waals surface area contributed by atoms with Crippen LogP contribution >= 0.6 is 11.3 Å². The number of nitrogens with zero attached hydrogens (tertiary/aromatic N) is 1. The molecule has 2 heteroatoms. The second kappa shape index (κ2) is 9.10. The van der Waals surface area contributed by atoms with E-state index in [0.29, 0.717) is 5.92 Å². The van der Waals surface area contributed by atoms with Crippen LogP contribution in [0.25, 0.3) is 47.7 Å². The van der Waals surface area contributed by atoms with Crippen molar-refractivity contribution in [1.82, 2.24) is 4.57 Å². The highest BCUT2D eigenvalue weighted by atomic mass is 32.1. The highest BCUT2D eigenvalue weighted by Crippen LogP contribution is 2.42. The van der Waals surface area contributed by atoms with E-state index in [1.165, 1.54) is 64.4 Å². The monoisotopic (exact) mass is 523 g/mol. The lowest BCUT2D eigenvalue weighted by Gasteiger charge is -2.27. The first-order valence-corrected chi connectivity index (χ1v) is 14.8. The van der Waals surface area contributed by atoms with Gasteiger partial charge < -0.3 is 4.57 Å². The summed E-state index contributed by atoms with van der Waals surface area (Å²) in [5.41, 5.74) is 7.96. The van der Waals surface area contributed by atoms with Crippen molar-refractivity contribution in [2.45, 2.75) is 45.4 Å². The van der Waals surface area contributed by atoms with Gasteiger partial charge in [-0.05, 0) is 64.8 Å². The van der Waals surface area contributed by atoms with E-state index in [9.17, 15) is 0 Å². The summed E-state index contributed by atoms with van der Waals surface area (Å²) in [6.45, 7) is 9.40. The molecule has 0 spiro atoms. The molecule has 5 aromatic carbocycles. The van der Waals surface area contributed by atoms with Gasteiger partial charge in [-0.25, -0.2) is 0 Å². The minimum absolute atomic E-state index is 0.0616. The second-order valence-electron chi connectivity index (χ2n) is 11.8. The third-order valence-corrected chi connectivity index (χ3v) is 9.42. The Morgan fingerprint density at radius 1 is 0.692 bits per heavy atom. The Kier molecular flexibility index (Phi) is 5.64. The predicted octanol–water partition coefficient (Wildman–Crippen LogP) is 10.8. The number of thiophene rings is 1. The molecule has 0 saturated carbocycles. The molecule has 0 aliphatic rings. The van der Waals surface area contributed by atoms with E-state index < -0.39 is 0 Å². The molecule has 2 heterocycles. The van der Waals surface area contributed by atoms with Crippen LogP contribution in [-0.4, -0.2) is 4.57 Å². The summed E-state index contributed by atoms with van der Waals surface area (Å²) < 4.78 is 5.25. The zero-order chi connectivity index (χ0) is 26.7. The molecular weight excluding hydrogens is 490 g/mol. The van der Waals surface area contributed by atoms with Crippen LogP contribution in [0, 0.1) is 0 Å². The topological polar surface area (TPSA) is 4.93 Å². The zero-order valence-electron chi connectivity index (χ0n) is 23.0. The van der Waals surface area contributed by atoms with Crippen LogP contribution in [0.5, 0.6) is 0 Å². The van der Waals surface area contributed by atoms with Crippen LogP contribution in [0.2, 0.25) is 0 Å². The molecule has 0 saturated heterocycles. The molecule has 0 amide bonds. The first-order valence-electron chi connectivity index (χ1n) is 13.9. The van der Waals surface area contributed by atoms with E-state index in [4.69, 9.17) is 0 Å². The van der Waals surface area contributed by atoms with E-state index >= 15 is 0 Å². The zero-order valence-corrected chi connectivity index (χ0v) is 23.8. The first kappa shape index (κ1) is 24.2. The van der Waals surface area contributed by atoms with Crippen LogP contribution in [0.3, 0.4) is 0 Å². The van der Waals surface area contributed by atoms with Crippen LogP contribution in [-0.2, 0) is 11.8 Å². The van der Waals surface area contributed by atoms with E-state index in [-0.39, 0.29) is 5.41 Å². The lowest BCUT2D eigenvalue weighted by Crippen LogP contribution is -2.21. The summed E-state index contributed by atoms with van der Waals surface area (Å²) >= 11 is 1.93. The molecule has 0 N–H and O–H groups in total. The Bertz CT molecular complexity index is 1990. The molecule has 0 radical (unpaired) electrons. The SMILES string of the molecule is CC(C)c1cccc2sc3cc(CC(C)(C)c4cccc5c6ccccc6n(-c6ccccc6)c45)ccc3c12. The van der Waals surface area contributed by atoms with Gasteiger partial charge in [0.15, 0.2) is 0 Å². The van der Waals surface area contributed by atoms with Gasteiger partial charge in [-0.1, -0.05) is 107 Å². The number of hydrogen-bond donors (Lipinski definition) is 0. The van der Waals surface area contributed by atoms with Gasteiger partial charge in [0.1, 0.15) is 0 Å². The fourth-order valence-electron chi connectivity index (χ4n) is 6.50. The third kappa shape index (κ3) is 3.89. The maximum Gasteiger partial charge on any atom is 0.0578 e. The van der Waals surface area contributed by atoms with E-state index in [2.05, 4.69) is 141 Å². The number of fused-ring (bicyclic) bond motifs is 6. The maximum absolute atomic E-state index is 2.46. The number of rotatable bonds is 5. The van der Waals surface area contributed by atoms with Crippen molar-refractivity contribution in [2.75, 3.05) is 0 Å². The highest BCUT2D eigenvalue weighted by molar-refractivity contribution is 7.25. The van der Waals surface area contributed by atoms with E-state index in [1.807, 2.05) is 11.3 Å². The summed E-state index contributed by atoms with van der Waals surface area (Å²) in [7, 11) is 0. The maximum atomic E-state index is 2.46. The molecule has 0 atom stereocenters. The number of hydrogen-bond acceptors (Lipinski definition) is 1. The molecule has 7 aromatic rings. The Morgan fingerprint density at radius 3 is 2.26 bits per heavy atom. The molecular formula is C37H33NS. The molecule has 0 aliphatic carbocycles. The molecule has 7 rings (SSSR count). The van der Waals surface area contributed by atoms with Gasteiger partial charge in [0.05, 0.1) is 11.0 Å². The number of para-hydroxylation sites is 3. The van der Waals surface area contributed by atoms with Crippen molar-refractivity contribution < 1.29 is 0 Å². The molecule has 2 aromatic heterocycles. The van der Waals surface area contributed by atoms with Gasteiger partial charge in [0, 0.05) is 36.6 Å². The smallest absolute Gasteiger partial charge is 0.0578 e. The van der Waals surface area contributed by atoms with Crippen LogP contribution in [0.1, 0.15) is 50.3 Å². The Morgan fingerprint density at radius 2 is 1.44 bits per heavy atom. The van der Waals surface area contributed by atoms with Crippen molar-refractivity contribution in [1.29, 1.82) is 0 Å². The lowest BCUT2D eigenvalue weighted by molar-refractivity contribution is 0.526. The average molecular weight is 524 g/mol. The highest BCUT2D eigenvalue weighted by Gasteiger charge is 2.27. The normalized spacial score (nSPS) is 12.4.